The van der Waals surface area contributed by atoms with Crippen LogP contribution in [0.4, 0.5) is 0 Å². The SMILES string of the molecule is CC(C)(C)C(=O)NCCCNCCCNC(=O)CCOCCCC(=O)CCN1C(=O)C=CC1=O. The van der Waals surface area contributed by atoms with Gasteiger partial charge in [0.05, 0.1) is 6.61 Å². The first-order chi connectivity index (χ1) is 16.1. The Morgan fingerprint density at radius 3 is 2.06 bits per heavy atom. The van der Waals surface area contributed by atoms with Crippen molar-refractivity contribution in [1.82, 2.24) is 20.9 Å². The molecule has 0 aliphatic carbocycles. The summed E-state index contributed by atoms with van der Waals surface area (Å²) in [6.45, 7) is 9.25. The van der Waals surface area contributed by atoms with Crippen molar-refractivity contribution in [3.8, 4) is 0 Å². The van der Waals surface area contributed by atoms with E-state index in [9.17, 15) is 24.0 Å². The van der Waals surface area contributed by atoms with Gasteiger partial charge in [-0.25, -0.2) is 0 Å². The van der Waals surface area contributed by atoms with Crippen LogP contribution in [0.15, 0.2) is 12.2 Å². The normalized spacial score (nSPS) is 13.4. The number of ether oxygens (including phenoxy) is 1. The van der Waals surface area contributed by atoms with Gasteiger partial charge in [-0.2, -0.15) is 0 Å². The fourth-order valence-electron chi connectivity index (χ4n) is 2.99. The molecule has 34 heavy (non-hydrogen) atoms. The van der Waals surface area contributed by atoms with Gasteiger partial charge in [0.15, 0.2) is 0 Å². The largest absolute Gasteiger partial charge is 0.381 e. The standard InChI is InChI=1S/C24H40N4O6/c1-24(2,3)23(33)27-15-6-13-25-12-5-14-26-20(30)11-18-34-17-4-7-19(29)10-16-28-21(31)8-9-22(28)32/h8-9,25H,4-7,10-18H2,1-3H3,(H,26,30)(H,27,33). The predicted octanol–water partition coefficient (Wildman–Crippen LogP) is 0.706. The first-order valence-corrected chi connectivity index (χ1v) is 12.0. The van der Waals surface area contributed by atoms with Crippen LogP contribution in [0.5, 0.6) is 0 Å². The number of rotatable bonds is 18. The number of hydrogen-bond acceptors (Lipinski definition) is 7. The van der Waals surface area contributed by atoms with Crippen molar-refractivity contribution in [2.75, 3.05) is 45.9 Å². The van der Waals surface area contributed by atoms with Gasteiger partial charge in [-0.1, -0.05) is 20.8 Å². The number of carbonyl (C=O) groups is 5. The van der Waals surface area contributed by atoms with Gasteiger partial charge >= 0.3 is 0 Å². The first-order valence-electron chi connectivity index (χ1n) is 12.0. The Labute approximate surface area is 202 Å². The summed E-state index contributed by atoms with van der Waals surface area (Å²) < 4.78 is 5.40. The average molecular weight is 481 g/mol. The van der Waals surface area contributed by atoms with Crippen LogP contribution in [0, 0.1) is 5.41 Å². The number of hydrogen-bond donors (Lipinski definition) is 3. The van der Waals surface area contributed by atoms with Crippen LogP contribution >= 0.6 is 0 Å². The Morgan fingerprint density at radius 2 is 1.44 bits per heavy atom. The summed E-state index contributed by atoms with van der Waals surface area (Å²) in [6, 6.07) is 0. The van der Waals surface area contributed by atoms with Gasteiger partial charge in [0, 0.05) is 63.1 Å². The zero-order valence-corrected chi connectivity index (χ0v) is 20.7. The molecule has 0 aromatic carbocycles. The molecule has 1 aliphatic rings. The highest BCUT2D eigenvalue weighted by atomic mass is 16.5. The van der Waals surface area contributed by atoms with Crippen LogP contribution in [0.3, 0.4) is 0 Å². The van der Waals surface area contributed by atoms with E-state index in [4.69, 9.17) is 4.74 Å². The Balaban J connectivity index is 1.87. The molecule has 0 unspecified atom stereocenters. The third kappa shape index (κ3) is 13.2. The number of Topliss-reactive ketones (excluding diaryl/α,β-unsaturated/α-hetero) is 1. The molecular weight excluding hydrogens is 440 g/mol. The minimum Gasteiger partial charge on any atom is -0.381 e. The summed E-state index contributed by atoms with van der Waals surface area (Å²) in [6.07, 6.45) is 5.32. The van der Waals surface area contributed by atoms with Gasteiger partial charge in [-0.05, 0) is 32.4 Å². The average Bonchev–Trinajstić information content (AvgIpc) is 3.09. The van der Waals surface area contributed by atoms with Crippen molar-refractivity contribution in [2.45, 2.75) is 59.3 Å². The molecule has 0 bridgehead atoms. The third-order valence-corrected chi connectivity index (χ3v) is 5.08. The molecule has 1 aliphatic heterocycles. The van der Waals surface area contributed by atoms with Crippen LogP contribution in [0.25, 0.3) is 0 Å². The summed E-state index contributed by atoms with van der Waals surface area (Å²) in [5.41, 5.74) is -0.367. The number of amides is 4. The van der Waals surface area contributed by atoms with E-state index >= 15 is 0 Å². The van der Waals surface area contributed by atoms with Crippen molar-refractivity contribution in [2.24, 2.45) is 5.41 Å². The topological polar surface area (TPSA) is 134 Å². The molecule has 1 rings (SSSR count). The highest BCUT2D eigenvalue weighted by Gasteiger charge is 2.23. The van der Waals surface area contributed by atoms with Crippen LogP contribution in [0.1, 0.15) is 59.3 Å². The highest BCUT2D eigenvalue weighted by Crippen LogP contribution is 2.12. The van der Waals surface area contributed by atoms with Gasteiger partial charge in [-0.3, -0.25) is 28.9 Å². The second-order valence-electron chi connectivity index (χ2n) is 9.23. The highest BCUT2D eigenvalue weighted by molar-refractivity contribution is 6.13. The van der Waals surface area contributed by atoms with Crippen molar-refractivity contribution in [3.63, 3.8) is 0 Å². The molecule has 10 nitrogen and oxygen atoms in total. The molecule has 0 radical (unpaired) electrons. The molecule has 0 aromatic rings. The van der Waals surface area contributed by atoms with E-state index in [0.717, 1.165) is 30.8 Å². The molecular formula is C24H40N4O6. The van der Waals surface area contributed by atoms with E-state index < -0.39 is 0 Å². The fourth-order valence-corrected chi connectivity index (χ4v) is 2.99. The van der Waals surface area contributed by atoms with Gasteiger partial charge in [0.25, 0.3) is 11.8 Å². The number of imide groups is 1. The number of nitrogens with one attached hydrogen (secondary N) is 3. The second-order valence-corrected chi connectivity index (χ2v) is 9.23. The van der Waals surface area contributed by atoms with Crippen molar-refractivity contribution in [3.05, 3.63) is 12.2 Å². The summed E-state index contributed by atoms with van der Waals surface area (Å²) >= 11 is 0. The quantitative estimate of drug-likeness (QED) is 0.194. The third-order valence-electron chi connectivity index (χ3n) is 5.08. The van der Waals surface area contributed by atoms with Gasteiger partial charge in [0.1, 0.15) is 5.78 Å². The lowest BCUT2D eigenvalue weighted by atomic mass is 9.96. The monoisotopic (exact) mass is 480 g/mol. The summed E-state index contributed by atoms with van der Waals surface area (Å²) in [4.78, 5) is 59.3. The van der Waals surface area contributed by atoms with Crippen LogP contribution in [0.2, 0.25) is 0 Å². The van der Waals surface area contributed by atoms with Gasteiger partial charge in [0.2, 0.25) is 11.8 Å². The van der Waals surface area contributed by atoms with E-state index in [-0.39, 0.29) is 54.2 Å². The smallest absolute Gasteiger partial charge is 0.253 e. The van der Waals surface area contributed by atoms with E-state index in [0.29, 0.717) is 39.1 Å². The van der Waals surface area contributed by atoms with E-state index in [1.54, 1.807) is 0 Å². The zero-order chi connectivity index (χ0) is 25.4. The van der Waals surface area contributed by atoms with Crippen LogP contribution in [-0.4, -0.2) is 80.2 Å². The molecule has 0 aromatic heterocycles. The molecule has 192 valence electrons. The molecule has 0 atom stereocenters. The Morgan fingerprint density at radius 1 is 0.824 bits per heavy atom. The maximum Gasteiger partial charge on any atom is 0.253 e. The van der Waals surface area contributed by atoms with Crippen LogP contribution in [-0.2, 0) is 28.7 Å². The lowest BCUT2D eigenvalue weighted by Gasteiger charge is -2.17. The molecule has 0 spiro atoms. The Hall–Kier alpha value is -2.59. The molecule has 0 saturated heterocycles. The molecule has 3 N–H and O–H groups in total. The van der Waals surface area contributed by atoms with Gasteiger partial charge in [-0.15, -0.1) is 0 Å². The van der Waals surface area contributed by atoms with Crippen molar-refractivity contribution < 1.29 is 28.7 Å². The zero-order valence-electron chi connectivity index (χ0n) is 20.7. The summed E-state index contributed by atoms with van der Waals surface area (Å²) in [5.74, 6) is -0.814. The van der Waals surface area contributed by atoms with E-state index in [1.807, 2.05) is 20.8 Å². The number of carbonyl (C=O) groups excluding carboxylic acids is 5. The lowest BCUT2D eigenvalue weighted by molar-refractivity contribution is -0.137. The maximum atomic E-state index is 11.9. The molecule has 0 fully saturated rings. The lowest BCUT2D eigenvalue weighted by Crippen LogP contribution is -2.36. The van der Waals surface area contributed by atoms with Crippen molar-refractivity contribution in [1.29, 1.82) is 0 Å². The number of ketones is 1. The predicted molar refractivity (Wildman–Crippen MR) is 128 cm³/mol. The second kappa shape index (κ2) is 16.1. The Kier molecular flexibility index (Phi) is 13.9. The molecule has 1 heterocycles. The maximum absolute atomic E-state index is 11.9. The van der Waals surface area contributed by atoms with Crippen LogP contribution < -0.4 is 16.0 Å². The minimum atomic E-state index is -0.381. The van der Waals surface area contributed by atoms with E-state index in [1.165, 1.54) is 12.2 Å². The number of nitrogens with zero attached hydrogens (tertiary/aromatic N) is 1. The first kappa shape index (κ1) is 29.4. The Bertz CT molecular complexity index is 711. The van der Waals surface area contributed by atoms with Crippen molar-refractivity contribution >= 4 is 29.4 Å². The van der Waals surface area contributed by atoms with Gasteiger partial charge < -0.3 is 20.7 Å². The minimum absolute atomic E-state index is 0.0305. The summed E-state index contributed by atoms with van der Waals surface area (Å²) in [7, 11) is 0. The molecule has 10 heteroatoms. The summed E-state index contributed by atoms with van der Waals surface area (Å²) in [5, 5.41) is 9.03. The molecule has 4 amide bonds. The fraction of sp³-hybridized carbons (Fsp3) is 0.708. The molecule has 0 saturated carbocycles. The van der Waals surface area contributed by atoms with E-state index in [2.05, 4.69) is 16.0 Å².